The van der Waals surface area contributed by atoms with Crippen molar-refractivity contribution in [3.63, 3.8) is 0 Å². The molecule has 1 aromatic heterocycles. The summed E-state index contributed by atoms with van der Waals surface area (Å²) < 4.78 is 47.5. The van der Waals surface area contributed by atoms with Crippen LogP contribution in [0, 0.1) is 25.6 Å². The zero-order valence-electron chi connectivity index (χ0n) is 19.9. The van der Waals surface area contributed by atoms with Crippen LogP contribution in [0.2, 0.25) is 0 Å². The number of anilines is 1. The topological polar surface area (TPSA) is 83.7 Å². The average Bonchev–Trinajstić information content (AvgIpc) is 3.23. The zero-order chi connectivity index (χ0) is 25.2. The van der Waals surface area contributed by atoms with Crippen LogP contribution >= 0.6 is 0 Å². The van der Waals surface area contributed by atoms with Crippen molar-refractivity contribution in [1.29, 1.82) is 0 Å². The van der Waals surface area contributed by atoms with Crippen molar-refractivity contribution < 1.29 is 22.1 Å². The van der Waals surface area contributed by atoms with Crippen LogP contribution in [-0.4, -0.2) is 43.9 Å². The van der Waals surface area contributed by atoms with Gasteiger partial charge in [0.25, 0.3) is 0 Å². The van der Waals surface area contributed by atoms with Crippen molar-refractivity contribution >= 4 is 33.8 Å². The summed E-state index contributed by atoms with van der Waals surface area (Å²) in [7, 11) is -2.17. The lowest BCUT2D eigenvalue weighted by Crippen LogP contribution is -2.43. The summed E-state index contributed by atoms with van der Waals surface area (Å²) in [5.41, 5.74) is 2.42. The largest absolute Gasteiger partial charge is 0.355 e. The third-order valence-electron chi connectivity index (χ3n) is 6.27. The Kier molecular flexibility index (Phi) is 7.18. The number of aryl methyl sites for hydroxylation is 2. The van der Waals surface area contributed by atoms with E-state index in [4.69, 9.17) is 4.52 Å². The Labute approximate surface area is 204 Å². The van der Waals surface area contributed by atoms with Crippen LogP contribution < -0.4 is 4.90 Å². The number of benzene rings is 2. The second kappa shape index (κ2) is 10.1. The minimum atomic E-state index is -3.91. The van der Waals surface area contributed by atoms with Crippen molar-refractivity contribution in [3.8, 4) is 0 Å². The van der Waals surface area contributed by atoms with Gasteiger partial charge in [0.05, 0.1) is 0 Å². The van der Waals surface area contributed by atoms with Crippen LogP contribution in [0.1, 0.15) is 35.4 Å². The number of hydrogen-bond acceptors (Lipinski definition) is 5. The second-order valence-electron chi connectivity index (χ2n) is 8.73. The summed E-state index contributed by atoms with van der Waals surface area (Å²) in [5, 5.41) is 3.83. The van der Waals surface area contributed by atoms with Gasteiger partial charge >= 0.3 is 0 Å². The van der Waals surface area contributed by atoms with Crippen LogP contribution in [0.5, 0.6) is 0 Å². The van der Waals surface area contributed by atoms with Gasteiger partial charge in [-0.3, -0.25) is 4.79 Å². The van der Waals surface area contributed by atoms with Gasteiger partial charge < -0.3 is 9.42 Å². The fourth-order valence-corrected chi connectivity index (χ4v) is 6.00. The maximum absolute atomic E-state index is 14.0. The van der Waals surface area contributed by atoms with E-state index in [-0.39, 0.29) is 41.3 Å². The standard InChI is InChI=1S/C26H28FN3O4S/c1-18-7-6-9-22(17-18)29(3)26(31)21-13-15-30(16-14-21)35(32,33)25-19(2)28-34-24(25)12-11-20-8-4-5-10-23(20)27/h4-12,17,21H,13-16H2,1-3H3/b12-11+. The molecule has 0 saturated carbocycles. The lowest BCUT2D eigenvalue weighted by Gasteiger charge is -2.32. The van der Waals surface area contributed by atoms with E-state index in [0.717, 1.165) is 11.3 Å². The maximum Gasteiger partial charge on any atom is 0.248 e. The predicted octanol–water partition coefficient (Wildman–Crippen LogP) is 4.66. The molecule has 2 heterocycles. The lowest BCUT2D eigenvalue weighted by atomic mass is 9.96. The fourth-order valence-electron chi connectivity index (χ4n) is 4.28. The average molecular weight is 498 g/mol. The van der Waals surface area contributed by atoms with Gasteiger partial charge in [0.1, 0.15) is 11.5 Å². The van der Waals surface area contributed by atoms with Gasteiger partial charge in [-0.25, -0.2) is 12.8 Å². The number of carbonyl (C=O) groups excluding carboxylic acids is 1. The Morgan fingerprint density at radius 1 is 1.11 bits per heavy atom. The Bertz CT molecular complexity index is 1360. The van der Waals surface area contributed by atoms with Crippen molar-refractivity contribution in [2.24, 2.45) is 5.92 Å². The highest BCUT2D eigenvalue weighted by molar-refractivity contribution is 7.89. The maximum atomic E-state index is 14.0. The molecule has 1 saturated heterocycles. The number of piperidine rings is 1. The SMILES string of the molecule is Cc1cccc(N(C)C(=O)C2CCN(S(=O)(=O)c3c(C)noc3/C=C/c3ccccc3F)CC2)c1. The summed E-state index contributed by atoms with van der Waals surface area (Å²) in [4.78, 5) is 14.6. The Balaban J connectivity index is 1.48. The fraction of sp³-hybridized carbons (Fsp3) is 0.308. The Morgan fingerprint density at radius 2 is 1.83 bits per heavy atom. The first-order valence-electron chi connectivity index (χ1n) is 11.4. The van der Waals surface area contributed by atoms with E-state index in [1.165, 1.54) is 22.5 Å². The van der Waals surface area contributed by atoms with E-state index >= 15 is 0 Å². The van der Waals surface area contributed by atoms with Crippen LogP contribution in [-0.2, 0) is 14.8 Å². The number of hydrogen-bond donors (Lipinski definition) is 0. The van der Waals surface area contributed by atoms with Crippen molar-refractivity contribution in [3.05, 3.63) is 76.9 Å². The number of sulfonamides is 1. The van der Waals surface area contributed by atoms with Crippen LogP contribution in [0.3, 0.4) is 0 Å². The lowest BCUT2D eigenvalue weighted by molar-refractivity contribution is -0.123. The van der Waals surface area contributed by atoms with E-state index in [9.17, 15) is 17.6 Å². The zero-order valence-corrected chi connectivity index (χ0v) is 20.8. The van der Waals surface area contributed by atoms with E-state index in [2.05, 4.69) is 5.16 Å². The Hall–Kier alpha value is -3.30. The molecule has 0 spiro atoms. The van der Waals surface area contributed by atoms with E-state index < -0.39 is 15.8 Å². The molecule has 3 aromatic rings. The highest BCUT2D eigenvalue weighted by Gasteiger charge is 2.36. The van der Waals surface area contributed by atoms with E-state index in [0.29, 0.717) is 18.4 Å². The molecule has 0 unspecified atom stereocenters. The summed E-state index contributed by atoms with van der Waals surface area (Å²) in [6.45, 7) is 3.95. The molecule has 0 aliphatic carbocycles. The summed E-state index contributed by atoms with van der Waals surface area (Å²) in [6.07, 6.45) is 3.70. The van der Waals surface area contributed by atoms with Gasteiger partial charge in [0.2, 0.25) is 15.9 Å². The third-order valence-corrected chi connectivity index (χ3v) is 8.33. The second-order valence-corrected chi connectivity index (χ2v) is 10.6. The summed E-state index contributed by atoms with van der Waals surface area (Å²) >= 11 is 0. The van der Waals surface area contributed by atoms with Gasteiger partial charge in [-0.05, 0) is 62.6 Å². The van der Waals surface area contributed by atoms with Gasteiger partial charge in [-0.15, -0.1) is 0 Å². The van der Waals surface area contributed by atoms with Gasteiger partial charge in [-0.1, -0.05) is 35.5 Å². The molecule has 1 amide bonds. The highest BCUT2D eigenvalue weighted by atomic mass is 32.2. The molecule has 1 aliphatic heterocycles. The molecule has 184 valence electrons. The van der Waals surface area contributed by atoms with Crippen LogP contribution in [0.25, 0.3) is 12.2 Å². The smallest absolute Gasteiger partial charge is 0.248 e. The highest BCUT2D eigenvalue weighted by Crippen LogP contribution is 2.30. The van der Waals surface area contributed by atoms with Gasteiger partial charge in [0.15, 0.2) is 10.7 Å². The molecule has 0 atom stereocenters. The predicted molar refractivity (Wildman–Crippen MR) is 133 cm³/mol. The molecule has 1 aliphatic rings. The molecule has 0 radical (unpaired) electrons. The minimum absolute atomic E-state index is 0.0256. The van der Waals surface area contributed by atoms with Crippen molar-refractivity contribution in [1.82, 2.24) is 9.46 Å². The van der Waals surface area contributed by atoms with E-state index in [1.807, 2.05) is 31.2 Å². The van der Waals surface area contributed by atoms with Crippen LogP contribution in [0.4, 0.5) is 10.1 Å². The normalized spacial score (nSPS) is 15.5. The molecular weight excluding hydrogens is 469 g/mol. The molecule has 4 rings (SSSR count). The quantitative estimate of drug-likeness (QED) is 0.494. The third kappa shape index (κ3) is 5.21. The molecule has 2 aromatic carbocycles. The van der Waals surface area contributed by atoms with Crippen molar-refractivity contribution in [2.75, 3.05) is 25.0 Å². The number of halogens is 1. The Morgan fingerprint density at radius 3 is 2.51 bits per heavy atom. The molecule has 7 nitrogen and oxygen atoms in total. The summed E-state index contributed by atoms with van der Waals surface area (Å²) in [5.74, 6) is -0.673. The molecular formula is C26H28FN3O4S. The molecule has 1 fully saturated rings. The number of carbonyl (C=O) groups is 1. The first-order valence-corrected chi connectivity index (χ1v) is 12.9. The number of amides is 1. The van der Waals surface area contributed by atoms with Crippen LogP contribution in [0.15, 0.2) is 57.9 Å². The molecule has 9 heteroatoms. The molecule has 35 heavy (non-hydrogen) atoms. The minimum Gasteiger partial charge on any atom is -0.355 e. The first-order chi connectivity index (χ1) is 16.7. The summed E-state index contributed by atoms with van der Waals surface area (Å²) in [6, 6.07) is 13.9. The first kappa shape index (κ1) is 24.8. The van der Waals surface area contributed by atoms with Gasteiger partial charge in [-0.2, -0.15) is 4.31 Å². The van der Waals surface area contributed by atoms with E-state index in [1.54, 1.807) is 37.1 Å². The number of aromatic nitrogens is 1. The number of rotatable bonds is 6. The molecule has 0 N–H and O–H groups in total. The van der Waals surface area contributed by atoms with Crippen molar-refractivity contribution in [2.45, 2.75) is 31.6 Å². The van der Waals surface area contributed by atoms with Gasteiger partial charge in [0, 0.05) is 37.3 Å². The molecule has 0 bridgehead atoms. The monoisotopic (exact) mass is 497 g/mol. The number of nitrogens with zero attached hydrogens (tertiary/aromatic N) is 3.